The molecule has 0 aromatic heterocycles. The Hall–Kier alpha value is -0.890. The molecule has 0 amide bonds. The molecule has 1 unspecified atom stereocenters. The largest absolute Gasteiger partial charge is 0.319 e. The van der Waals surface area contributed by atoms with E-state index < -0.39 is 0 Å². The SMILES string of the molecule is CCCCCCCCCC(CNC)c1ccc(F)cc1. The van der Waals surface area contributed by atoms with Crippen LogP contribution in [0.25, 0.3) is 0 Å². The van der Waals surface area contributed by atoms with Crippen molar-refractivity contribution in [3.63, 3.8) is 0 Å². The Kier molecular flexibility index (Phi) is 9.31. The standard InChI is InChI=1S/C18H30FN/c1-3-4-5-6-7-8-9-10-17(15-20-2)16-11-13-18(19)14-12-16/h11-14,17,20H,3-10,15H2,1-2H3. The number of benzene rings is 1. The van der Waals surface area contributed by atoms with Crippen LogP contribution in [0.3, 0.4) is 0 Å². The van der Waals surface area contributed by atoms with Gasteiger partial charge in [-0.25, -0.2) is 4.39 Å². The van der Waals surface area contributed by atoms with E-state index in [2.05, 4.69) is 12.2 Å². The van der Waals surface area contributed by atoms with Crippen LogP contribution in [0.4, 0.5) is 4.39 Å². The first kappa shape index (κ1) is 17.2. The van der Waals surface area contributed by atoms with Gasteiger partial charge in [-0.1, -0.05) is 64.0 Å². The van der Waals surface area contributed by atoms with E-state index in [-0.39, 0.29) is 5.82 Å². The lowest BCUT2D eigenvalue weighted by molar-refractivity contribution is 0.518. The fraction of sp³-hybridized carbons (Fsp3) is 0.667. The maximum Gasteiger partial charge on any atom is 0.123 e. The van der Waals surface area contributed by atoms with E-state index in [9.17, 15) is 4.39 Å². The highest BCUT2D eigenvalue weighted by Gasteiger charge is 2.10. The van der Waals surface area contributed by atoms with E-state index in [1.54, 1.807) is 12.1 Å². The van der Waals surface area contributed by atoms with E-state index in [4.69, 9.17) is 0 Å². The minimum absolute atomic E-state index is 0.145. The third kappa shape index (κ3) is 7.04. The number of rotatable bonds is 11. The zero-order valence-corrected chi connectivity index (χ0v) is 13.1. The van der Waals surface area contributed by atoms with Crippen LogP contribution in [0, 0.1) is 5.82 Å². The van der Waals surface area contributed by atoms with Gasteiger partial charge >= 0.3 is 0 Å². The van der Waals surface area contributed by atoms with Gasteiger partial charge in [-0.05, 0) is 37.1 Å². The lowest BCUT2D eigenvalue weighted by Gasteiger charge is -2.17. The minimum atomic E-state index is -0.145. The summed E-state index contributed by atoms with van der Waals surface area (Å²) in [6.07, 6.45) is 10.6. The van der Waals surface area contributed by atoms with Crippen LogP contribution in [0.2, 0.25) is 0 Å². The Morgan fingerprint density at radius 2 is 1.55 bits per heavy atom. The van der Waals surface area contributed by atoms with Crippen LogP contribution in [0.5, 0.6) is 0 Å². The lowest BCUT2D eigenvalue weighted by Crippen LogP contribution is -2.17. The van der Waals surface area contributed by atoms with E-state index in [0.29, 0.717) is 5.92 Å². The predicted octanol–water partition coefficient (Wildman–Crippen LogP) is 5.27. The maximum absolute atomic E-state index is 13.0. The molecule has 20 heavy (non-hydrogen) atoms. The number of unbranched alkanes of at least 4 members (excludes halogenated alkanes) is 6. The molecule has 0 radical (unpaired) electrons. The second-order valence-electron chi connectivity index (χ2n) is 5.72. The van der Waals surface area contributed by atoms with E-state index in [1.165, 1.54) is 56.9 Å². The fourth-order valence-electron chi connectivity index (χ4n) is 2.72. The van der Waals surface area contributed by atoms with Gasteiger partial charge < -0.3 is 5.32 Å². The third-order valence-electron chi connectivity index (χ3n) is 3.95. The van der Waals surface area contributed by atoms with Crippen molar-refractivity contribution in [2.45, 2.75) is 64.2 Å². The van der Waals surface area contributed by atoms with Crippen molar-refractivity contribution in [3.05, 3.63) is 35.6 Å². The van der Waals surface area contributed by atoms with Crippen LogP contribution in [-0.4, -0.2) is 13.6 Å². The molecule has 1 atom stereocenters. The molecule has 0 saturated carbocycles. The third-order valence-corrected chi connectivity index (χ3v) is 3.95. The number of likely N-dealkylation sites (N-methyl/N-ethyl adjacent to an activating group) is 1. The fourth-order valence-corrected chi connectivity index (χ4v) is 2.72. The van der Waals surface area contributed by atoms with Crippen LogP contribution in [-0.2, 0) is 0 Å². The van der Waals surface area contributed by atoms with Crippen molar-refractivity contribution in [1.82, 2.24) is 5.32 Å². The molecule has 0 aliphatic carbocycles. The lowest BCUT2D eigenvalue weighted by atomic mass is 9.92. The summed E-state index contributed by atoms with van der Waals surface area (Å²) in [6, 6.07) is 7.00. The predicted molar refractivity (Wildman–Crippen MR) is 85.7 cm³/mol. The van der Waals surface area contributed by atoms with Gasteiger partial charge in [-0.15, -0.1) is 0 Å². The van der Waals surface area contributed by atoms with Crippen molar-refractivity contribution in [3.8, 4) is 0 Å². The Morgan fingerprint density at radius 1 is 0.950 bits per heavy atom. The second kappa shape index (κ2) is 10.8. The highest BCUT2D eigenvalue weighted by Crippen LogP contribution is 2.22. The molecule has 0 aliphatic rings. The van der Waals surface area contributed by atoms with Crippen molar-refractivity contribution >= 4 is 0 Å². The Morgan fingerprint density at radius 3 is 2.15 bits per heavy atom. The smallest absolute Gasteiger partial charge is 0.123 e. The van der Waals surface area contributed by atoms with E-state index in [0.717, 1.165) is 6.54 Å². The molecule has 0 bridgehead atoms. The number of hydrogen-bond donors (Lipinski definition) is 1. The van der Waals surface area contributed by atoms with Gasteiger partial charge in [-0.2, -0.15) is 0 Å². The van der Waals surface area contributed by atoms with Crippen LogP contribution in [0.1, 0.15) is 69.8 Å². The molecule has 1 aromatic rings. The van der Waals surface area contributed by atoms with Crippen molar-refractivity contribution in [1.29, 1.82) is 0 Å². The average Bonchev–Trinajstić information content (AvgIpc) is 2.46. The first-order chi connectivity index (χ1) is 9.77. The van der Waals surface area contributed by atoms with Gasteiger partial charge in [0, 0.05) is 6.54 Å². The monoisotopic (exact) mass is 279 g/mol. The summed E-state index contributed by atoms with van der Waals surface area (Å²) in [7, 11) is 1.99. The molecular formula is C18H30FN. The summed E-state index contributed by atoms with van der Waals surface area (Å²) in [5, 5.41) is 3.26. The average molecular weight is 279 g/mol. The Labute approximate surface area is 124 Å². The van der Waals surface area contributed by atoms with Crippen molar-refractivity contribution < 1.29 is 4.39 Å². The molecule has 1 nitrogen and oxygen atoms in total. The zero-order chi connectivity index (χ0) is 14.6. The molecule has 0 heterocycles. The number of nitrogens with one attached hydrogen (secondary N) is 1. The molecule has 0 fully saturated rings. The van der Waals surface area contributed by atoms with Gasteiger partial charge in [-0.3, -0.25) is 0 Å². The summed E-state index contributed by atoms with van der Waals surface area (Å²) in [4.78, 5) is 0. The van der Waals surface area contributed by atoms with Gasteiger partial charge in [0.25, 0.3) is 0 Å². The number of hydrogen-bond acceptors (Lipinski definition) is 1. The van der Waals surface area contributed by atoms with Crippen molar-refractivity contribution in [2.75, 3.05) is 13.6 Å². The summed E-state index contributed by atoms with van der Waals surface area (Å²) >= 11 is 0. The number of halogens is 1. The molecular weight excluding hydrogens is 249 g/mol. The molecule has 0 saturated heterocycles. The Bertz CT molecular complexity index is 334. The first-order valence-electron chi connectivity index (χ1n) is 8.18. The molecule has 1 rings (SSSR count). The second-order valence-corrected chi connectivity index (χ2v) is 5.72. The molecule has 1 N–H and O–H groups in total. The van der Waals surface area contributed by atoms with Crippen LogP contribution in [0.15, 0.2) is 24.3 Å². The van der Waals surface area contributed by atoms with Gasteiger partial charge in [0.05, 0.1) is 0 Å². The van der Waals surface area contributed by atoms with E-state index >= 15 is 0 Å². The van der Waals surface area contributed by atoms with Crippen molar-refractivity contribution in [2.24, 2.45) is 0 Å². The van der Waals surface area contributed by atoms with Gasteiger partial charge in [0.2, 0.25) is 0 Å². The first-order valence-corrected chi connectivity index (χ1v) is 8.18. The van der Waals surface area contributed by atoms with Gasteiger partial charge in [0.15, 0.2) is 0 Å². The van der Waals surface area contributed by atoms with Gasteiger partial charge in [0.1, 0.15) is 5.82 Å². The molecule has 0 aliphatic heterocycles. The summed E-state index contributed by atoms with van der Waals surface area (Å²) in [5.41, 5.74) is 1.26. The normalized spacial score (nSPS) is 12.6. The molecule has 2 heteroatoms. The van der Waals surface area contributed by atoms with Crippen LogP contribution < -0.4 is 5.32 Å². The maximum atomic E-state index is 13.0. The van der Waals surface area contributed by atoms with E-state index in [1.807, 2.05) is 19.2 Å². The highest BCUT2D eigenvalue weighted by atomic mass is 19.1. The summed E-state index contributed by atoms with van der Waals surface area (Å²) in [5.74, 6) is 0.365. The summed E-state index contributed by atoms with van der Waals surface area (Å²) < 4.78 is 13.0. The minimum Gasteiger partial charge on any atom is -0.319 e. The zero-order valence-electron chi connectivity index (χ0n) is 13.1. The quantitative estimate of drug-likeness (QED) is 0.544. The molecule has 114 valence electrons. The molecule has 1 aromatic carbocycles. The Balaban J connectivity index is 2.27. The summed E-state index contributed by atoms with van der Waals surface area (Å²) in [6.45, 7) is 3.23. The highest BCUT2D eigenvalue weighted by molar-refractivity contribution is 5.20. The van der Waals surface area contributed by atoms with Crippen LogP contribution >= 0.6 is 0 Å². The molecule has 0 spiro atoms. The topological polar surface area (TPSA) is 12.0 Å².